The summed E-state index contributed by atoms with van der Waals surface area (Å²) in [6.07, 6.45) is 3.09. The predicted molar refractivity (Wildman–Crippen MR) is 108 cm³/mol. The van der Waals surface area contributed by atoms with E-state index < -0.39 is 12.1 Å². The summed E-state index contributed by atoms with van der Waals surface area (Å²) < 4.78 is 16.6. The second kappa shape index (κ2) is 8.18. The van der Waals surface area contributed by atoms with Gasteiger partial charge in [0.15, 0.2) is 23.4 Å². The maximum absolute atomic E-state index is 12.2. The molecule has 1 aliphatic rings. The molecule has 1 atom stereocenters. The van der Waals surface area contributed by atoms with Gasteiger partial charge in [0.05, 0.1) is 24.1 Å². The zero-order chi connectivity index (χ0) is 20.2. The number of rotatable bonds is 4. The highest BCUT2D eigenvalue weighted by molar-refractivity contribution is 5.87. The Kier molecular flexibility index (Phi) is 5.29. The third-order valence-corrected chi connectivity index (χ3v) is 4.49. The van der Waals surface area contributed by atoms with E-state index in [1.165, 1.54) is 6.08 Å². The lowest BCUT2D eigenvalue weighted by Crippen LogP contribution is -2.16. The molecule has 1 N–H and O–H groups in total. The first kappa shape index (κ1) is 18.7. The van der Waals surface area contributed by atoms with Crippen molar-refractivity contribution in [3.8, 4) is 11.5 Å². The van der Waals surface area contributed by atoms with Gasteiger partial charge in [-0.25, -0.2) is 9.78 Å². The van der Waals surface area contributed by atoms with Crippen molar-refractivity contribution in [2.75, 3.05) is 13.2 Å². The van der Waals surface area contributed by atoms with Gasteiger partial charge in [-0.05, 0) is 42.8 Å². The molecule has 0 bridgehead atoms. The lowest BCUT2D eigenvalue weighted by molar-refractivity contribution is -0.142. The van der Waals surface area contributed by atoms with Gasteiger partial charge in [0.1, 0.15) is 0 Å². The van der Waals surface area contributed by atoms with Crippen LogP contribution in [0.1, 0.15) is 30.8 Å². The predicted octanol–water partition coefficient (Wildman–Crippen LogP) is 3.40. The normalized spacial score (nSPS) is 14.5. The van der Waals surface area contributed by atoms with Crippen molar-refractivity contribution in [1.82, 2.24) is 9.97 Å². The summed E-state index contributed by atoms with van der Waals surface area (Å²) in [6.45, 7) is 2.88. The van der Waals surface area contributed by atoms with Crippen LogP contribution in [0.4, 0.5) is 0 Å². The second-order valence-electron chi connectivity index (χ2n) is 6.64. The molecule has 148 valence electrons. The van der Waals surface area contributed by atoms with E-state index in [4.69, 9.17) is 14.2 Å². The number of fused-ring (bicyclic) bond motifs is 2. The SMILES string of the molecule is C[C@H](OC(=O)/C=C/c1ccc2c(c1)OCCCO2)c1nc2ccccc2c(=O)[nH]1. The number of nitrogens with zero attached hydrogens (tertiary/aromatic N) is 1. The molecule has 29 heavy (non-hydrogen) atoms. The van der Waals surface area contributed by atoms with Crippen molar-refractivity contribution in [3.63, 3.8) is 0 Å². The molecule has 3 aromatic rings. The summed E-state index contributed by atoms with van der Waals surface area (Å²) in [5.41, 5.74) is 1.07. The zero-order valence-corrected chi connectivity index (χ0v) is 15.9. The Morgan fingerprint density at radius 1 is 1.17 bits per heavy atom. The molecule has 2 heterocycles. The highest BCUT2D eigenvalue weighted by Crippen LogP contribution is 2.30. The maximum Gasteiger partial charge on any atom is 0.331 e. The van der Waals surface area contributed by atoms with Gasteiger partial charge in [0, 0.05) is 12.5 Å². The fourth-order valence-electron chi connectivity index (χ4n) is 3.01. The van der Waals surface area contributed by atoms with Crippen molar-refractivity contribution in [1.29, 1.82) is 0 Å². The highest BCUT2D eigenvalue weighted by atomic mass is 16.5. The molecule has 0 amide bonds. The Labute approximate surface area is 166 Å². The Morgan fingerprint density at radius 2 is 1.97 bits per heavy atom. The largest absolute Gasteiger partial charge is 0.490 e. The Bertz CT molecular complexity index is 1140. The molecule has 2 aromatic carbocycles. The topological polar surface area (TPSA) is 90.5 Å². The van der Waals surface area contributed by atoms with Crippen molar-refractivity contribution in [2.24, 2.45) is 0 Å². The number of ether oxygens (including phenoxy) is 3. The summed E-state index contributed by atoms with van der Waals surface area (Å²) in [5, 5.41) is 0.490. The molecule has 1 aliphatic heterocycles. The van der Waals surface area contributed by atoms with Gasteiger partial charge in [0.25, 0.3) is 5.56 Å². The van der Waals surface area contributed by atoms with Crippen LogP contribution in [0.25, 0.3) is 17.0 Å². The Hall–Kier alpha value is -3.61. The van der Waals surface area contributed by atoms with Crippen LogP contribution in [0.3, 0.4) is 0 Å². The van der Waals surface area contributed by atoms with Crippen LogP contribution < -0.4 is 15.0 Å². The van der Waals surface area contributed by atoms with Gasteiger partial charge in [-0.3, -0.25) is 4.79 Å². The van der Waals surface area contributed by atoms with Crippen LogP contribution in [0.5, 0.6) is 11.5 Å². The van der Waals surface area contributed by atoms with Crippen LogP contribution in [0.2, 0.25) is 0 Å². The number of para-hydroxylation sites is 1. The molecule has 0 radical (unpaired) electrons. The Balaban J connectivity index is 1.45. The van der Waals surface area contributed by atoms with Crippen LogP contribution in [-0.4, -0.2) is 29.2 Å². The molecule has 0 aliphatic carbocycles. The third kappa shape index (κ3) is 4.29. The fraction of sp³-hybridized carbons (Fsp3) is 0.227. The number of carbonyl (C=O) groups excluding carboxylic acids is 1. The van der Waals surface area contributed by atoms with Gasteiger partial charge in [-0.15, -0.1) is 0 Å². The van der Waals surface area contributed by atoms with Gasteiger partial charge in [-0.2, -0.15) is 0 Å². The highest BCUT2D eigenvalue weighted by Gasteiger charge is 2.14. The summed E-state index contributed by atoms with van der Waals surface area (Å²) in [7, 11) is 0. The van der Waals surface area contributed by atoms with E-state index >= 15 is 0 Å². The molecule has 0 unspecified atom stereocenters. The van der Waals surface area contributed by atoms with Crippen molar-refractivity contribution >= 4 is 22.9 Å². The summed E-state index contributed by atoms with van der Waals surface area (Å²) in [6, 6.07) is 12.5. The van der Waals surface area contributed by atoms with Crippen LogP contribution in [0.15, 0.2) is 53.3 Å². The van der Waals surface area contributed by atoms with Crippen LogP contribution in [-0.2, 0) is 9.53 Å². The number of carbonyl (C=O) groups is 1. The van der Waals surface area contributed by atoms with Crippen LogP contribution >= 0.6 is 0 Å². The molecule has 0 fully saturated rings. The molecule has 4 rings (SSSR count). The number of aromatic nitrogens is 2. The average molecular weight is 392 g/mol. The molecule has 0 saturated heterocycles. The molecular weight excluding hydrogens is 372 g/mol. The minimum atomic E-state index is -0.701. The number of benzene rings is 2. The number of hydrogen-bond acceptors (Lipinski definition) is 6. The van der Waals surface area contributed by atoms with Gasteiger partial charge in [-0.1, -0.05) is 18.2 Å². The monoisotopic (exact) mass is 392 g/mol. The van der Waals surface area contributed by atoms with Crippen LogP contribution in [0, 0.1) is 0 Å². The Morgan fingerprint density at radius 3 is 2.83 bits per heavy atom. The minimum Gasteiger partial charge on any atom is -0.490 e. The van der Waals surface area contributed by atoms with Crippen molar-refractivity contribution in [2.45, 2.75) is 19.4 Å². The molecule has 0 saturated carbocycles. The van der Waals surface area contributed by atoms with Gasteiger partial charge >= 0.3 is 5.97 Å². The summed E-state index contributed by atoms with van der Waals surface area (Å²) >= 11 is 0. The minimum absolute atomic E-state index is 0.267. The first-order valence-corrected chi connectivity index (χ1v) is 9.37. The number of esters is 1. The van der Waals surface area contributed by atoms with E-state index in [0.29, 0.717) is 41.4 Å². The molecule has 7 nitrogen and oxygen atoms in total. The van der Waals surface area contributed by atoms with Gasteiger partial charge in [0.2, 0.25) is 0 Å². The van der Waals surface area contributed by atoms with E-state index in [2.05, 4.69) is 9.97 Å². The molecular formula is C22H20N2O5. The summed E-state index contributed by atoms with van der Waals surface area (Å²) in [4.78, 5) is 31.4. The first-order valence-electron chi connectivity index (χ1n) is 9.37. The lowest BCUT2D eigenvalue weighted by Gasteiger charge is -2.11. The van der Waals surface area contributed by atoms with E-state index in [-0.39, 0.29) is 5.56 Å². The zero-order valence-electron chi connectivity index (χ0n) is 15.9. The quantitative estimate of drug-likeness (QED) is 0.541. The lowest BCUT2D eigenvalue weighted by atomic mass is 10.2. The van der Waals surface area contributed by atoms with E-state index in [0.717, 1.165) is 12.0 Å². The molecule has 7 heteroatoms. The molecule has 0 spiro atoms. The van der Waals surface area contributed by atoms with Crippen molar-refractivity contribution in [3.05, 3.63) is 70.3 Å². The fourth-order valence-corrected chi connectivity index (χ4v) is 3.01. The standard InChI is InChI=1S/C22H20N2O5/c1-14(21-23-17-6-3-2-5-16(17)22(26)24-21)29-20(25)10-8-15-7-9-18-19(13-15)28-12-4-11-27-18/h2-3,5-10,13-14H,4,11-12H2,1H3,(H,23,24,26)/b10-8+/t14-/m0/s1. The van der Waals surface area contributed by atoms with E-state index in [1.807, 2.05) is 18.2 Å². The number of hydrogen-bond donors (Lipinski definition) is 1. The summed E-state index contributed by atoms with van der Waals surface area (Å²) in [5.74, 6) is 1.11. The number of aromatic amines is 1. The third-order valence-electron chi connectivity index (χ3n) is 4.49. The number of nitrogens with one attached hydrogen (secondary N) is 1. The smallest absolute Gasteiger partial charge is 0.331 e. The van der Waals surface area contributed by atoms with Gasteiger partial charge < -0.3 is 19.2 Å². The average Bonchev–Trinajstić information content (AvgIpc) is 2.97. The second-order valence-corrected chi connectivity index (χ2v) is 6.64. The van der Waals surface area contributed by atoms with E-state index in [1.54, 1.807) is 37.3 Å². The first-order chi connectivity index (χ1) is 14.1. The molecule has 1 aromatic heterocycles. The van der Waals surface area contributed by atoms with Crippen molar-refractivity contribution < 1.29 is 19.0 Å². The number of H-pyrrole nitrogens is 1. The maximum atomic E-state index is 12.2. The van der Waals surface area contributed by atoms with E-state index in [9.17, 15) is 9.59 Å².